The average molecular weight is 367 g/mol. The number of hydrogen-bond donors (Lipinski definition) is 2. The third-order valence-corrected chi connectivity index (χ3v) is 4.02. The number of halogens is 2. The smallest absolute Gasteiger partial charge is 0.273 e. The lowest BCUT2D eigenvalue weighted by Crippen LogP contribution is -2.34. The van der Waals surface area contributed by atoms with Gasteiger partial charge in [-0.25, -0.2) is 8.78 Å². The van der Waals surface area contributed by atoms with Gasteiger partial charge < -0.3 is 19.7 Å². The van der Waals surface area contributed by atoms with Crippen molar-refractivity contribution in [1.82, 2.24) is 15.4 Å². The van der Waals surface area contributed by atoms with E-state index in [2.05, 4.69) is 15.4 Å². The Labute approximate surface area is 148 Å². The molecule has 0 bridgehead atoms. The van der Waals surface area contributed by atoms with E-state index in [9.17, 15) is 18.7 Å². The van der Waals surface area contributed by atoms with Gasteiger partial charge in [-0.2, -0.15) is 0 Å². The largest absolute Gasteiger partial charge is 0.482 e. The highest BCUT2D eigenvalue weighted by molar-refractivity contribution is 5.92. The number of ether oxygens (including phenoxy) is 1. The van der Waals surface area contributed by atoms with Crippen LogP contribution < -0.4 is 10.1 Å². The summed E-state index contributed by atoms with van der Waals surface area (Å²) in [6.45, 7) is 2.34. The summed E-state index contributed by atoms with van der Waals surface area (Å²) < 4.78 is 36.5. The minimum absolute atomic E-state index is 0.0876. The van der Waals surface area contributed by atoms with E-state index in [-0.39, 0.29) is 29.9 Å². The van der Waals surface area contributed by atoms with Crippen molar-refractivity contribution in [2.45, 2.75) is 19.1 Å². The number of amides is 1. The number of carbonyl (C=O) groups is 1. The van der Waals surface area contributed by atoms with Crippen LogP contribution in [0.2, 0.25) is 0 Å². The number of aliphatic hydroxyl groups is 1. The molecule has 7 nitrogen and oxygen atoms in total. The number of likely N-dealkylation sites (tertiary alicyclic amines) is 1. The molecule has 0 aliphatic carbocycles. The second kappa shape index (κ2) is 8.24. The molecule has 2 aromatic rings. The number of aromatic nitrogens is 1. The molecule has 26 heavy (non-hydrogen) atoms. The van der Waals surface area contributed by atoms with Crippen LogP contribution in [-0.2, 0) is 6.61 Å². The van der Waals surface area contributed by atoms with Gasteiger partial charge in [0.15, 0.2) is 23.0 Å². The number of carbonyl (C=O) groups excluding carboxylic acids is 1. The number of nitrogens with zero attached hydrogens (tertiary/aromatic N) is 2. The van der Waals surface area contributed by atoms with Crippen LogP contribution in [0.15, 0.2) is 28.8 Å². The normalized spacial score (nSPS) is 17.4. The molecular formula is C17H19F2N3O4. The fourth-order valence-electron chi connectivity index (χ4n) is 2.66. The summed E-state index contributed by atoms with van der Waals surface area (Å²) in [6, 6.07) is 4.37. The standard InChI is InChI=1S/C17H19F2N3O4/c18-11-1-2-16(14(19)7-11)25-10-13-8-15(21-26-13)17(24)20-4-6-22-5-3-12(23)9-22/h1-2,7-8,12,23H,3-6,9-10H2,(H,20,24)/t12-/m0/s1. The van der Waals surface area contributed by atoms with Crippen molar-refractivity contribution < 1.29 is 27.9 Å². The summed E-state index contributed by atoms with van der Waals surface area (Å²) in [5.41, 5.74) is 0.0876. The van der Waals surface area contributed by atoms with Gasteiger partial charge in [0, 0.05) is 38.3 Å². The van der Waals surface area contributed by atoms with Crippen LogP contribution in [0.25, 0.3) is 0 Å². The van der Waals surface area contributed by atoms with Crippen LogP contribution in [-0.4, -0.2) is 53.4 Å². The van der Waals surface area contributed by atoms with Crippen molar-refractivity contribution in [1.29, 1.82) is 0 Å². The first-order valence-corrected chi connectivity index (χ1v) is 8.23. The Morgan fingerprint density at radius 2 is 2.27 bits per heavy atom. The van der Waals surface area contributed by atoms with E-state index in [1.54, 1.807) is 0 Å². The summed E-state index contributed by atoms with van der Waals surface area (Å²) >= 11 is 0. The molecule has 1 fully saturated rings. The number of β-amino-alcohol motifs (C(OH)–C–C–N with tert-alkyl or cyclic N) is 1. The molecule has 1 aliphatic rings. The fraction of sp³-hybridized carbons (Fsp3) is 0.412. The summed E-state index contributed by atoms with van der Waals surface area (Å²) in [6.07, 6.45) is 0.449. The van der Waals surface area contributed by atoms with Gasteiger partial charge in [-0.15, -0.1) is 0 Å². The van der Waals surface area contributed by atoms with Crippen molar-refractivity contribution in [3.8, 4) is 5.75 Å². The molecule has 1 atom stereocenters. The Hall–Kier alpha value is -2.52. The van der Waals surface area contributed by atoms with E-state index in [1.165, 1.54) is 12.1 Å². The lowest BCUT2D eigenvalue weighted by molar-refractivity contribution is 0.0939. The monoisotopic (exact) mass is 367 g/mol. The maximum absolute atomic E-state index is 13.5. The highest BCUT2D eigenvalue weighted by Crippen LogP contribution is 2.19. The van der Waals surface area contributed by atoms with Gasteiger partial charge in [-0.3, -0.25) is 9.69 Å². The van der Waals surface area contributed by atoms with Crippen molar-refractivity contribution in [2.75, 3.05) is 26.2 Å². The van der Waals surface area contributed by atoms with Crippen LogP contribution in [0.4, 0.5) is 8.78 Å². The third-order valence-electron chi connectivity index (χ3n) is 4.02. The highest BCUT2D eigenvalue weighted by atomic mass is 19.1. The lowest BCUT2D eigenvalue weighted by atomic mass is 10.3. The van der Waals surface area contributed by atoms with Crippen LogP contribution in [0.3, 0.4) is 0 Å². The minimum atomic E-state index is -0.825. The summed E-state index contributed by atoms with van der Waals surface area (Å²) in [4.78, 5) is 14.1. The van der Waals surface area contributed by atoms with Crippen LogP contribution in [0.1, 0.15) is 22.7 Å². The first kappa shape index (κ1) is 18.3. The molecule has 2 heterocycles. The second-order valence-electron chi connectivity index (χ2n) is 6.04. The van der Waals surface area contributed by atoms with Gasteiger partial charge in [0.25, 0.3) is 5.91 Å². The van der Waals surface area contributed by atoms with Crippen LogP contribution in [0, 0.1) is 11.6 Å². The quantitative estimate of drug-likeness (QED) is 0.768. The molecule has 3 rings (SSSR count). The van der Waals surface area contributed by atoms with Crippen molar-refractivity contribution in [2.24, 2.45) is 0 Å². The van der Waals surface area contributed by atoms with E-state index in [0.717, 1.165) is 19.0 Å². The van der Waals surface area contributed by atoms with Gasteiger partial charge in [0.2, 0.25) is 0 Å². The van der Waals surface area contributed by atoms with Gasteiger partial charge in [-0.1, -0.05) is 5.16 Å². The van der Waals surface area contributed by atoms with E-state index in [1.807, 2.05) is 0 Å². The average Bonchev–Trinajstić information content (AvgIpc) is 3.23. The molecule has 1 aliphatic heterocycles. The van der Waals surface area contributed by atoms with E-state index in [0.29, 0.717) is 25.7 Å². The minimum Gasteiger partial charge on any atom is -0.482 e. The number of hydrogen-bond acceptors (Lipinski definition) is 6. The second-order valence-corrected chi connectivity index (χ2v) is 6.04. The Morgan fingerprint density at radius 3 is 3.00 bits per heavy atom. The molecule has 0 unspecified atom stereocenters. The zero-order valence-corrected chi connectivity index (χ0v) is 14.0. The van der Waals surface area contributed by atoms with Gasteiger partial charge in [0.1, 0.15) is 12.4 Å². The van der Waals surface area contributed by atoms with E-state index >= 15 is 0 Å². The predicted octanol–water partition coefficient (Wildman–Crippen LogP) is 1.33. The van der Waals surface area contributed by atoms with Crippen LogP contribution in [0.5, 0.6) is 5.75 Å². The first-order chi connectivity index (χ1) is 12.5. The predicted molar refractivity (Wildman–Crippen MR) is 86.6 cm³/mol. The zero-order chi connectivity index (χ0) is 18.5. The molecule has 0 saturated carbocycles. The van der Waals surface area contributed by atoms with Gasteiger partial charge >= 0.3 is 0 Å². The Morgan fingerprint density at radius 1 is 1.42 bits per heavy atom. The third kappa shape index (κ3) is 4.77. The van der Waals surface area contributed by atoms with Crippen molar-refractivity contribution in [3.63, 3.8) is 0 Å². The van der Waals surface area contributed by atoms with Crippen molar-refractivity contribution >= 4 is 5.91 Å². The number of rotatable bonds is 7. The molecule has 0 radical (unpaired) electrons. The summed E-state index contributed by atoms with van der Waals surface area (Å²) in [5, 5.41) is 15.8. The van der Waals surface area contributed by atoms with E-state index in [4.69, 9.17) is 9.26 Å². The Balaban J connectivity index is 1.45. The summed E-state index contributed by atoms with van der Waals surface area (Å²) in [7, 11) is 0. The van der Waals surface area contributed by atoms with Gasteiger partial charge in [-0.05, 0) is 18.6 Å². The SMILES string of the molecule is O=C(NCCN1CC[C@H](O)C1)c1cc(COc2ccc(F)cc2F)on1. The zero-order valence-electron chi connectivity index (χ0n) is 14.0. The van der Waals surface area contributed by atoms with E-state index < -0.39 is 17.5 Å². The maximum Gasteiger partial charge on any atom is 0.273 e. The first-order valence-electron chi connectivity index (χ1n) is 8.23. The molecule has 1 aromatic heterocycles. The number of aliphatic hydroxyl groups excluding tert-OH is 1. The van der Waals surface area contributed by atoms with Gasteiger partial charge in [0.05, 0.1) is 6.10 Å². The lowest BCUT2D eigenvalue weighted by Gasteiger charge is -2.14. The fourth-order valence-corrected chi connectivity index (χ4v) is 2.66. The molecule has 1 saturated heterocycles. The molecule has 9 heteroatoms. The number of benzene rings is 1. The number of nitrogens with one attached hydrogen (secondary N) is 1. The molecular weight excluding hydrogens is 348 g/mol. The molecule has 1 aromatic carbocycles. The molecule has 1 amide bonds. The Bertz CT molecular complexity index is 768. The highest BCUT2D eigenvalue weighted by Gasteiger charge is 2.20. The topological polar surface area (TPSA) is 87.8 Å². The molecule has 0 spiro atoms. The van der Waals surface area contributed by atoms with Crippen LogP contribution >= 0.6 is 0 Å². The maximum atomic E-state index is 13.5. The summed E-state index contributed by atoms with van der Waals surface area (Å²) in [5.74, 6) is -1.80. The van der Waals surface area contributed by atoms with Crippen molar-refractivity contribution in [3.05, 3.63) is 47.4 Å². The molecule has 140 valence electrons. The molecule has 2 N–H and O–H groups in total. The Kier molecular flexibility index (Phi) is 5.79.